The van der Waals surface area contributed by atoms with Gasteiger partial charge in [0.05, 0.1) is 17.2 Å². The summed E-state index contributed by atoms with van der Waals surface area (Å²) in [5.74, 6) is 2.49. The molecule has 0 spiro atoms. The highest BCUT2D eigenvalue weighted by atomic mass is 32.1. The summed E-state index contributed by atoms with van der Waals surface area (Å²) in [5, 5.41) is 15.7. The second-order valence-corrected chi connectivity index (χ2v) is 9.62. The Labute approximate surface area is 179 Å². The minimum atomic E-state index is -0.0173. The molecule has 3 aromatic heterocycles. The molecule has 0 saturated carbocycles. The van der Waals surface area contributed by atoms with E-state index < -0.39 is 0 Å². The van der Waals surface area contributed by atoms with Gasteiger partial charge in [-0.15, -0.1) is 5.10 Å². The summed E-state index contributed by atoms with van der Waals surface area (Å²) in [6, 6.07) is 12.2. The summed E-state index contributed by atoms with van der Waals surface area (Å²) in [4.78, 5) is 8.66. The Morgan fingerprint density at radius 1 is 1.13 bits per heavy atom. The van der Waals surface area contributed by atoms with E-state index in [1.54, 1.807) is 6.26 Å². The molecule has 4 heterocycles. The van der Waals surface area contributed by atoms with Crippen molar-refractivity contribution in [3.63, 3.8) is 0 Å². The van der Waals surface area contributed by atoms with Gasteiger partial charge < -0.3 is 9.52 Å². The molecule has 1 N–H and O–H groups in total. The number of aromatic hydroxyl groups is 1. The smallest absolute Gasteiger partial charge is 0.230 e. The molecule has 4 aromatic rings. The number of aryl methyl sites for hydroxylation is 1. The molecule has 3 atom stereocenters. The Hall–Kier alpha value is -2.64. The second kappa shape index (κ2) is 7.56. The molecule has 0 aliphatic carbocycles. The largest absolute Gasteiger partial charge is 0.492 e. The van der Waals surface area contributed by atoms with E-state index in [1.165, 1.54) is 33.4 Å². The molecule has 0 radical (unpaired) electrons. The Kier molecular flexibility index (Phi) is 4.87. The van der Waals surface area contributed by atoms with Crippen LogP contribution in [0.25, 0.3) is 16.5 Å². The second-order valence-electron chi connectivity index (χ2n) is 8.61. The van der Waals surface area contributed by atoms with Crippen molar-refractivity contribution in [1.82, 2.24) is 19.5 Å². The van der Waals surface area contributed by atoms with Crippen molar-refractivity contribution < 1.29 is 9.52 Å². The number of rotatable bonds is 4. The maximum atomic E-state index is 11.2. The van der Waals surface area contributed by atoms with E-state index in [2.05, 4.69) is 60.0 Å². The molecular weight excluding hydrogens is 396 g/mol. The van der Waals surface area contributed by atoms with Gasteiger partial charge in [-0.25, -0.2) is 0 Å². The molecule has 30 heavy (non-hydrogen) atoms. The van der Waals surface area contributed by atoms with Crippen LogP contribution in [0, 0.1) is 18.8 Å². The lowest BCUT2D eigenvalue weighted by Crippen LogP contribution is -2.41. The van der Waals surface area contributed by atoms with Gasteiger partial charge in [0, 0.05) is 13.1 Å². The van der Waals surface area contributed by atoms with Crippen LogP contribution < -0.4 is 0 Å². The van der Waals surface area contributed by atoms with Crippen LogP contribution in [0.3, 0.4) is 0 Å². The average Bonchev–Trinajstić information content (AvgIpc) is 3.42. The highest BCUT2D eigenvalue weighted by Gasteiger charge is 2.33. The van der Waals surface area contributed by atoms with Crippen LogP contribution in [0.15, 0.2) is 47.1 Å². The first-order valence-corrected chi connectivity index (χ1v) is 11.2. The molecule has 1 aliphatic heterocycles. The summed E-state index contributed by atoms with van der Waals surface area (Å²) in [5.41, 5.74) is 2.42. The Bertz CT molecular complexity index is 1140. The summed E-state index contributed by atoms with van der Waals surface area (Å²) in [6.45, 7) is 8.74. The predicted octanol–water partition coefficient (Wildman–Crippen LogP) is 5.13. The Morgan fingerprint density at radius 3 is 2.50 bits per heavy atom. The molecule has 1 saturated heterocycles. The van der Waals surface area contributed by atoms with Crippen molar-refractivity contribution in [3.05, 3.63) is 58.7 Å². The highest BCUT2D eigenvalue weighted by molar-refractivity contribution is 7.17. The number of piperidine rings is 1. The maximum Gasteiger partial charge on any atom is 0.230 e. The van der Waals surface area contributed by atoms with Gasteiger partial charge >= 0.3 is 0 Å². The first kappa shape index (κ1) is 19.3. The molecule has 1 aliphatic rings. The monoisotopic (exact) mass is 422 g/mol. The molecule has 6 nitrogen and oxygen atoms in total. The number of fused-ring (bicyclic) bond motifs is 1. The van der Waals surface area contributed by atoms with Gasteiger partial charge in [0.1, 0.15) is 0 Å². The minimum Gasteiger partial charge on any atom is -0.492 e. The number of hydrogen-bond acceptors (Lipinski definition) is 6. The van der Waals surface area contributed by atoms with Gasteiger partial charge in [0.2, 0.25) is 16.7 Å². The van der Waals surface area contributed by atoms with Crippen LogP contribution in [-0.4, -0.2) is 37.7 Å². The summed E-state index contributed by atoms with van der Waals surface area (Å²) in [7, 11) is 0. The molecule has 0 bridgehead atoms. The fraction of sp³-hybridized carbons (Fsp3) is 0.391. The van der Waals surface area contributed by atoms with Gasteiger partial charge in [0.15, 0.2) is 5.76 Å². The molecule has 0 amide bonds. The lowest BCUT2D eigenvalue weighted by molar-refractivity contribution is 0.112. The van der Waals surface area contributed by atoms with E-state index in [0.717, 1.165) is 18.0 Å². The van der Waals surface area contributed by atoms with E-state index in [-0.39, 0.29) is 11.9 Å². The molecule has 0 unspecified atom stereocenters. The molecule has 5 rings (SSSR count). The van der Waals surface area contributed by atoms with Crippen LogP contribution in [0.4, 0.5) is 0 Å². The zero-order valence-corrected chi connectivity index (χ0v) is 18.3. The number of aromatic nitrogens is 3. The SMILES string of the molecule is Cc1ccc([C@@H](c2sc3nc(-c4ccco4)nn3c2O)N2C[C@@H](C)C[C@H](C)C2)cc1. The van der Waals surface area contributed by atoms with E-state index in [9.17, 15) is 5.11 Å². The minimum absolute atomic E-state index is 0.0173. The van der Waals surface area contributed by atoms with Gasteiger partial charge in [0.25, 0.3) is 0 Å². The van der Waals surface area contributed by atoms with E-state index >= 15 is 0 Å². The standard InChI is InChI=1S/C23H26N4O2S/c1-14-6-8-17(9-7-14)19(26-12-15(2)11-16(3)13-26)20-22(28)27-23(30-20)24-21(25-27)18-5-4-10-29-18/h4-10,15-16,19,28H,11-13H2,1-3H3/t15-,16-,19-/m0/s1. The fourth-order valence-electron chi connectivity index (χ4n) is 4.64. The molecule has 156 valence electrons. The highest BCUT2D eigenvalue weighted by Crippen LogP contribution is 2.42. The van der Waals surface area contributed by atoms with Crippen molar-refractivity contribution in [1.29, 1.82) is 0 Å². The number of likely N-dealkylation sites (tertiary alicyclic amines) is 1. The normalized spacial score (nSPS) is 21.3. The third-order valence-corrected chi connectivity index (χ3v) is 6.92. The first-order valence-electron chi connectivity index (χ1n) is 10.4. The lowest BCUT2D eigenvalue weighted by atomic mass is 9.89. The van der Waals surface area contributed by atoms with Crippen molar-refractivity contribution in [2.75, 3.05) is 13.1 Å². The average molecular weight is 423 g/mol. The maximum absolute atomic E-state index is 11.2. The zero-order valence-electron chi connectivity index (χ0n) is 17.4. The van der Waals surface area contributed by atoms with Gasteiger partial charge in [-0.3, -0.25) is 4.90 Å². The topological polar surface area (TPSA) is 66.8 Å². The molecule has 1 aromatic carbocycles. The van der Waals surface area contributed by atoms with E-state index in [1.807, 2.05) is 12.1 Å². The van der Waals surface area contributed by atoms with Crippen molar-refractivity contribution in [2.45, 2.75) is 33.2 Å². The fourth-order valence-corrected chi connectivity index (χ4v) is 5.75. The molecule has 7 heteroatoms. The number of thiazole rings is 1. The van der Waals surface area contributed by atoms with Crippen LogP contribution >= 0.6 is 11.3 Å². The zero-order chi connectivity index (χ0) is 20.8. The quantitative estimate of drug-likeness (QED) is 0.494. The van der Waals surface area contributed by atoms with Crippen LogP contribution in [0.1, 0.15) is 42.3 Å². The van der Waals surface area contributed by atoms with Crippen LogP contribution in [0.5, 0.6) is 5.88 Å². The molecule has 1 fully saturated rings. The number of furan rings is 1. The summed E-state index contributed by atoms with van der Waals surface area (Å²) < 4.78 is 6.95. The number of hydrogen-bond donors (Lipinski definition) is 1. The van der Waals surface area contributed by atoms with E-state index in [0.29, 0.717) is 28.4 Å². The van der Waals surface area contributed by atoms with Gasteiger partial charge in [-0.1, -0.05) is 55.0 Å². The van der Waals surface area contributed by atoms with Crippen molar-refractivity contribution >= 4 is 16.3 Å². The third-order valence-electron chi connectivity index (χ3n) is 5.84. The Balaban J connectivity index is 1.60. The van der Waals surface area contributed by atoms with Gasteiger partial charge in [-0.2, -0.15) is 9.50 Å². The van der Waals surface area contributed by atoms with Crippen LogP contribution in [0.2, 0.25) is 0 Å². The van der Waals surface area contributed by atoms with Crippen molar-refractivity contribution in [2.24, 2.45) is 11.8 Å². The Morgan fingerprint density at radius 2 is 1.87 bits per heavy atom. The first-order chi connectivity index (χ1) is 14.5. The van der Waals surface area contributed by atoms with Crippen LogP contribution in [-0.2, 0) is 0 Å². The summed E-state index contributed by atoms with van der Waals surface area (Å²) in [6.07, 6.45) is 2.84. The summed E-state index contributed by atoms with van der Waals surface area (Å²) >= 11 is 1.50. The lowest BCUT2D eigenvalue weighted by Gasteiger charge is -2.40. The predicted molar refractivity (Wildman–Crippen MR) is 118 cm³/mol. The molecular formula is C23H26N4O2S. The third kappa shape index (κ3) is 3.42. The van der Waals surface area contributed by atoms with E-state index in [4.69, 9.17) is 4.42 Å². The van der Waals surface area contributed by atoms with Gasteiger partial charge in [-0.05, 0) is 42.9 Å². The van der Waals surface area contributed by atoms with Crippen molar-refractivity contribution in [3.8, 4) is 17.5 Å². The number of nitrogens with zero attached hydrogens (tertiary/aromatic N) is 4. The number of benzene rings is 1.